The van der Waals surface area contributed by atoms with Crippen LogP contribution in [-0.2, 0) is 9.47 Å². The third kappa shape index (κ3) is 7.44. The molecule has 30 heavy (non-hydrogen) atoms. The Morgan fingerprint density at radius 2 is 1.93 bits per heavy atom. The molecule has 9 nitrogen and oxygen atoms in total. The molecule has 2 amide bonds. The predicted molar refractivity (Wildman–Crippen MR) is 115 cm³/mol. The summed E-state index contributed by atoms with van der Waals surface area (Å²) in [5, 5.41) is 10.4. The van der Waals surface area contributed by atoms with E-state index in [1.54, 1.807) is 27.7 Å². The zero-order valence-electron chi connectivity index (χ0n) is 17.7. The van der Waals surface area contributed by atoms with Crippen LogP contribution in [0.25, 0.3) is 10.4 Å². The molecule has 1 saturated carbocycles. The van der Waals surface area contributed by atoms with Crippen LogP contribution in [0.3, 0.4) is 0 Å². The Kier molecular flexibility index (Phi) is 8.84. The van der Waals surface area contributed by atoms with Crippen LogP contribution in [0.1, 0.15) is 34.1 Å². The van der Waals surface area contributed by atoms with Gasteiger partial charge in [0.25, 0.3) is 0 Å². The number of hydrogen-bond acceptors (Lipinski definition) is 5. The zero-order chi connectivity index (χ0) is 22.1. The molecule has 0 saturated heterocycles. The number of alkyl carbamates (subject to hydrolysis) is 2. The number of carbonyl (C=O) groups is 2. The molecule has 0 unspecified atom stereocenters. The third-order valence-corrected chi connectivity index (χ3v) is 7.01. The zero-order valence-corrected chi connectivity index (χ0v) is 19.4. The predicted octanol–water partition coefficient (Wildman–Crippen LogP) is 3.14. The van der Waals surface area contributed by atoms with Gasteiger partial charge in [-0.2, -0.15) is 0 Å². The number of ether oxygens (including phenoxy) is 2. The number of carbonyl (C=O) groups excluding carboxylic acids is 2. The first kappa shape index (κ1) is 23.9. The van der Waals surface area contributed by atoms with Crippen LogP contribution in [0.15, 0.2) is 35.4 Å². The molecule has 0 bridgehead atoms. The fourth-order valence-electron chi connectivity index (χ4n) is 3.36. The Bertz CT molecular complexity index is 764. The molecule has 0 radical (unpaired) electrons. The van der Waals surface area contributed by atoms with Crippen LogP contribution < -0.4 is 15.1 Å². The van der Waals surface area contributed by atoms with Crippen molar-refractivity contribution in [2.75, 3.05) is 6.61 Å². The van der Waals surface area contributed by atoms with Gasteiger partial charge in [0.2, 0.25) is 0 Å². The average molecular weight is 482 g/mol. The Balaban J connectivity index is 2.17. The van der Waals surface area contributed by atoms with E-state index in [1.165, 1.54) is 4.46 Å². The second-order valence-electron chi connectivity index (χ2n) is 7.96. The minimum absolute atomic E-state index is 0.00738. The standard InChI is InChI=1S/C20H29N5O4Se/c1-5-28-18(26)23-17-15(22-19(27)29-20(2,3)4)11-13(16(17)24-25-21)12-30-14-9-7-6-8-10-14/h6-10,13,15-17H,5,11-12H2,1-4H3,(H,22,27)(H,23,26)/t13-,15-,16-,17-/m1/s1. The van der Waals surface area contributed by atoms with Gasteiger partial charge in [-0.15, -0.1) is 0 Å². The summed E-state index contributed by atoms with van der Waals surface area (Å²) in [6.07, 6.45) is -0.614. The van der Waals surface area contributed by atoms with Crippen LogP contribution in [0.4, 0.5) is 9.59 Å². The molecule has 2 rings (SSSR count). The Labute approximate surface area is 183 Å². The first-order valence-electron chi connectivity index (χ1n) is 9.88. The molecule has 1 fully saturated rings. The van der Waals surface area contributed by atoms with Crippen molar-refractivity contribution in [2.45, 2.75) is 63.2 Å². The van der Waals surface area contributed by atoms with Crippen molar-refractivity contribution < 1.29 is 19.1 Å². The second-order valence-corrected chi connectivity index (χ2v) is 10.3. The van der Waals surface area contributed by atoms with Crippen LogP contribution in [0.5, 0.6) is 0 Å². The molecule has 0 spiro atoms. The summed E-state index contributed by atoms with van der Waals surface area (Å²) >= 11 is 0.171. The van der Waals surface area contributed by atoms with Crippen LogP contribution in [0.2, 0.25) is 5.32 Å². The summed E-state index contributed by atoms with van der Waals surface area (Å²) in [6.45, 7) is 7.27. The molecule has 0 aromatic heterocycles. The maximum absolute atomic E-state index is 12.3. The van der Waals surface area contributed by atoms with Crippen molar-refractivity contribution in [1.29, 1.82) is 0 Å². The van der Waals surface area contributed by atoms with Gasteiger partial charge < -0.3 is 0 Å². The molecular weight excluding hydrogens is 453 g/mol. The van der Waals surface area contributed by atoms with E-state index in [2.05, 4.69) is 32.8 Å². The van der Waals surface area contributed by atoms with Gasteiger partial charge in [-0.05, 0) is 0 Å². The van der Waals surface area contributed by atoms with Crippen LogP contribution in [0, 0.1) is 5.92 Å². The van der Waals surface area contributed by atoms with E-state index in [-0.39, 0.29) is 27.5 Å². The van der Waals surface area contributed by atoms with Crippen molar-refractivity contribution in [3.05, 3.63) is 40.8 Å². The molecule has 1 aliphatic rings. The molecule has 1 aromatic carbocycles. The maximum atomic E-state index is 12.3. The van der Waals surface area contributed by atoms with Gasteiger partial charge in [-0.25, -0.2) is 0 Å². The molecule has 10 heteroatoms. The minimum atomic E-state index is -0.646. The van der Waals surface area contributed by atoms with E-state index in [0.717, 1.165) is 5.32 Å². The summed E-state index contributed by atoms with van der Waals surface area (Å²) < 4.78 is 11.6. The molecular formula is C20H29N5O4Se. The van der Waals surface area contributed by atoms with Gasteiger partial charge in [0.15, 0.2) is 0 Å². The van der Waals surface area contributed by atoms with Gasteiger partial charge in [0.05, 0.1) is 0 Å². The Morgan fingerprint density at radius 1 is 1.23 bits per heavy atom. The number of hydrogen-bond donors (Lipinski definition) is 2. The number of nitrogens with one attached hydrogen (secondary N) is 2. The van der Waals surface area contributed by atoms with E-state index >= 15 is 0 Å². The fourth-order valence-corrected chi connectivity index (χ4v) is 5.64. The van der Waals surface area contributed by atoms with Crippen molar-refractivity contribution >= 4 is 31.6 Å². The number of nitrogens with zero attached hydrogens (tertiary/aromatic N) is 3. The van der Waals surface area contributed by atoms with Gasteiger partial charge >= 0.3 is 183 Å². The first-order valence-corrected chi connectivity index (χ1v) is 11.9. The molecule has 2 N–H and O–H groups in total. The van der Waals surface area contributed by atoms with E-state index < -0.39 is 35.9 Å². The average Bonchev–Trinajstić information content (AvgIpc) is 2.96. The monoisotopic (exact) mass is 483 g/mol. The van der Waals surface area contributed by atoms with Crippen molar-refractivity contribution in [2.24, 2.45) is 11.0 Å². The van der Waals surface area contributed by atoms with E-state index in [9.17, 15) is 9.59 Å². The quantitative estimate of drug-likeness (QED) is 0.268. The van der Waals surface area contributed by atoms with Gasteiger partial charge in [0.1, 0.15) is 0 Å². The van der Waals surface area contributed by atoms with Crippen LogP contribution >= 0.6 is 0 Å². The van der Waals surface area contributed by atoms with Crippen LogP contribution in [-0.4, -0.2) is 57.5 Å². The van der Waals surface area contributed by atoms with Crippen molar-refractivity contribution in [3.63, 3.8) is 0 Å². The van der Waals surface area contributed by atoms with Crippen molar-refractivity contribution in [1.82, 2.24) is 10.6 Å². The van der Waals surface area contributed by atoms with Gasteiger partial charge in [-0.1, -0.05) is 0 Å². The van der Waals surface area contributed by atoms with E-state index in [0.29, 0.717) is 6.42 Å². The van der Waals surface area contributed by atoms with Gasteiger partial charge in [-0.3, -0.25) is 0 Å². The number of rotatable bonds is 7. The summed E-state index contributed by atoms with van der Waals surface area (Å²) in [7, 11) is 0. The van der Waals surface area contributed by atoms with E-state index in [4.69, 9.17) is 15.0 Å². The molecule has 0 aliphatic heterocycles. The molecule has 1 aromatic rings. The summed E-state index contributed by atoms with van der Waals surface area (Å²) in [5.41, 5.74) is 8.47. The summed E-state index contributed by atoms with van der Waals surface area (Å²) in [4.78, 5) is 27.4. The third-order valence-electron chi connectivity index (χ3n) is 4.50. The SMILES string of the molecule is CCOC(=O)N[C@H]1[C@H](N=[N+]=[N-])[C@@H](C[Se]c2ccccc2)C[C@H]1NC(=O)OC(C)(C)C. The fraction of sp³-hybridized carbons (Fsp3) is 0.600. The van der Waals surface area contributed by atoms with Gasteiger partial charge in [0, 0.05) is 0 Å². The number of azide groups is 1. The van der Waals surface area contributed by atoms with Crippen molar-refractivity contribution in [3.8, 4) is 0 Å². The topological polar surface area (TPSA) is 125 Å². The number of amides is 2. The van der Waals surface area contributed by atoms with E-state index in [1.807, 2.05) is 18.2 Å². The first-order chi connectivity index (χ1) is 14.2. The number of benzene rings is 1. The molecule has 0 heterocycles. The molecule has 1 aliphatic carbocycles. The molecule has 164 valence electrons. The Morgan fingerprint density at radius 3 is 2.53 bits per heavy atom. The summed E-state index contributed by atoms with van der Waals surface area (Å²) in [5.74, 6) is 0.00738. The normalized spacial score (nSPS) is 23.2. The summed E-state index contributed by atoms with van der Waals surface area (Å²) in [6, 6.07) is 8.59. The molecule has 4 atom stereocenters. The second kappa shape index (κ2) is 11.1. The Hall–Kier alpha value is -2.41.